The highest BCUT2D eigenvalue weighted by Gasteiger charge is 2.40. The summed E-state index contributed by atoms with van der Waals surface area (Å²) in [6.45, 7) is 2.09. The Hall–Kier alpha value is -2.46. The monoisotopic (exact) mass is 394 g/mol. The highest BCUT2D eigenvalue weighted by molar-refractivity contribution is 7.91. The van der Waals surface area contributed by atoms with E-state index >= 15 is 0 Å². The second kappa shape index (κ2) is 8.05. The van der Waals surface area contributed by atoms with Gasteiger partial charge in [0, 0.05) is 25.2 Å². The Labute approximate surface area is 157 Å². The first kappa shape index (κ1) is 19.3. The molecule has 2 atom stereocenters. The van der Waals surface area contributed by atoms with E-state index in [0.29, 0.717) is 23.9 Å². The Morgan fingerprint density at radius 3 is 2.89 bits per heavy atom. The molecule has 1 fully saturated rings. The molecule has 0 unspecified atom stereocenters. The molecule has 2 aromatic rings. The molecular formula is C17H22N4O5S. The Bertz CT molecular complexity index is 912. The van der Waals surface area contributed by atoms with Crippen LogP contribution in [0.2, 0.25) is 0 Å². The highest BCUT2D eigenvalue weighted by atomic mass is 32.2. The third kappa shape index (κ3) is 4.28. The van der Waals surface area contributed by atoms with Crippen molar-refractivity contribution >= 4 is 15.7 Å². The zero-order valence-corrected chi connectivity index (χ0v) is 16.0. The normalized spacial score (nSPS) is 21.1. The minimum atomic E-state index is -3.30. The lowest BCUT2D eigenvalue weighted by Crippen LogP contribution is -2.42. The molecule has 0 aromatic carbocycles. The average Bonchev–Trinajstić information content (AvgIpc) is 3.23. The van der Waals surface area contributed by atoms with Crippen LogP contribution in [0.3, 0.4) is 0 Å². The lowest BCUT2D eigenvalue weighted by molar-refractivity contribution is -0.126. The minimum absolute atomic E-state index is 0.0848. The molecule has 9 nitrogen and oxygen atoms in total. The summed E-state index contributed by atoms with van der Waals surface area (Å²) in [5.74, 6) is 0.369. The van der Waals surface area contributed by atoms with Gasteiger partial charge in [-0.3, -0.25) is 4.79 Å². The van der Waals surface area contributed by atoms with Crippen molar-refractivity contribution in [3.05, 3.63) is 30.7 Å². The van der Waals surface area contributed by atoms with E-state index in [0.717, 1.165) is 0 Å². The van der Waals surface area contributed by atoms with Gasteiger partial charge >= 0.3 is 0 Å². The predicted molar refractivity (Wildman–Crippen MR) is 98.1 cm³/mol. The van der Waals surface area contributed by atoms with E-state index in [-0.39, 0.29) is 24.0 Å². The van der Waals surface area contributed by atoms with Crippen molar-refractivity contribution in [1.82, 2.24) is 19.9 Å². The van der Waals surface area contributed by atoms with Crippen LogP contribution in [0, 0.1) is 0 Å². The van der Waals surface area contributed by atoms with Crippen LogP contribution in [0.15, 0.2) is 30.7 Å². The summed E-state index contributed by atoms with van der Waals surface area (Å²) in [5.41, 5.74) is 0.647. The zero-order chi connectivity index (χ0) is 19.4. The van der Waals surface area contributed by atoms with E-state index in [2.05, 4.69) is 15.3 Å². The topological polar surface area (TPSA) is 112 Å². The average molecular weight is 394 g/mol. The number of carbonyl (C=O) groups excluding carboxylic acids is 1. The maximum absolute atomic E-state index is 12.3. The summed E-state index contributed by atoms with van der Waals surface area (Å²) < 4.78 is 36.7. The number of aromatic nitrogens is 3. The number of hydrogen-bond donors (Lipinski definition) is 1. The highest BCUT2D eigenvalue weighted by Crippen LogP contribution is 2.32. The molecule has 27 heavy (non-hydrogen) atoms. The second-order valence-electron chi connectivity index (χ2n) is 6.17. The lowest BCUT2D eigenvalue weighted by atomic mass is 10.1. The number of rotatable bonds is 7. The Morgan fingerprint density at radius 2 is 2.15 bits per heavy atom. The van der Waals surface area contributed by atoms with Gasteiger partial charge in [-0.2, -0.15) is 0 Å². The van der Waals surface area contributed by atoms with Crippen LogP contribution in [0.5, 0.6) is 5.88 Å². The van der Waals surface area contributed by atoms with Gasteiger partial charge < -0.3 is 19.4 Å². The second-order valence-corrected chi connectivity index (χ2v) is 8.33. The molecule has 1 aliphatic heterocycles. The number of hydrogen-bond acceptors (Lipinski definition) is 7. The van der Waals surface area contributed by atoms with Gasteiger partial charge in [-0.1, -0.05) is 0 Å². The maximum Gasteiger partial charge on any atom is 0.246 e. The first-order valence-corrected chi connectivity index (χ1v) is 10.4. The fraction of sp³-hybridized carbons (Fsp3) is 0.471. The lowest BCUT2D eigenvalue weighted by Gasteiger charge is -2.23. The number of sulfone groups is 1. The van der Waals surface area contributed by atoms with Crippen molar-refractivity contribution in [3.63, 3.8) is 0 Å². The van der Waals surface area contributed by atoms with Crippen LogP contribution >= 0.6 is 0 Å². The van der Waals surface area contributed by atoms with Crippen LogP contribution in [0.4, 0.5) is 0 Å². The van der Waals surface area contributed by atoms with E-state index in [9.17, 15) is 13.2 Å². The summed E-state index contributed by atoms with van der Waals surface area (Å²) >= 11 is 0. The van der Waals surface area contributed by atoms with Gasteiger partial charge in [0.25, 0.3) is 0 Å². The molecule has 3 heterocycles. The van der Waals surface area contributed by atoms with Crippen LogP contribution in [0.25, 0.3) is 11.4 Å². The fourth-order valence-electron chi connectivity index (χ4n) is 3.20. The number of imidazole rings is 1. The smallest absolute Gasteiger partial charge is 0.246 e. The molecule has 10 heteroatoms. The summed E-state index contributed by atoms with van der Waals surface area (Å²) in [4.78, 5) is 20.6. The van der Waals surface area contributed by atoms with Crippen molar-refractivity contribution in [2.24, 2.45) is 0 Å². The summed E-state index contributed by atoms with van der Waals surface area (Å²) in [7, 11) is -1.79. The SMILES string of the molecule is CCOCC(=O)N[C@@H]1CS(=O)(=O)C[C@H]1n1ccnc1-c1cccnc1OC. The number of nitrogens with zero attached hydrogens (tertiary/aromatic N) is 3. The zero-order valence-electron chi connectivity index (χ0n) is 15.2. The molecule has 1 amide bonds. The molecule has 146 valence electrons. The largest absolute Gasteiger partial charge is 0.480 e. The fourth-order valence-corrected chi connectivity index (χ4v) is 5.10. The molecule has 0 aliphatic carbocycles. The van der Waals surface area contributed by atoms with Gasteiger partial charge in [0.05, 0.1) is 36.3 Å². The number of nitrogens with one attached hydrogen (secondary N) is 1. The van der Waals surface area contributed by atoms with E-state index < -0.39 is 21.9 Å². The van der Waals surface area contributed by atoms with Crippen molar-refractivity contribution < 1.29 is 22.7 Å². The molecule has 0 saturated carbocycles. The van der Waals surface area contributed by atoms with Gasteiger partial charge in [-0.15, -0.1) is 0 Å². The molecule has 0 bridgehead atoms. The number of pyridine rings is 1. The van der Waals surface area contributed by atoms with E-state index in [1.165, 1.54) is 7.11 Å². The molecule has 3 rings (SSSR count). The summed E-state index contributed by atoms with van der Waals surface area (Å²) in [6.07, 6.45) is 4.90. The van der Waals surface area contributed by atoms with Crippen LogP contribution in [-0.2, 0) is 19.4 Å². The van der Waals surface area contributed by atoms with Gasteiger partial charge in [0.1, 0.15) is 12.4 Å². The number of methoxy groups -OCH3 is 1. The van der Waals surface area contributed by atoms with E-state index in [1.807, 2.05) is 0 Å². The molecular weight excluding hydrogens is 372 g/mol. The van der Waals surface area contributed by atoms with Gasteiger partial charge in [0.2, 0.25) is 11.8 Å². The predicted octanol–water partition coefficient (Wildman–Crippen LogP) is 0.445. The Kier molecular flexibility index (Phi) is 5.76. The molecule has 0 spiro atoms. The number of ether oxygens (including phenoxy) is 2. The van der Waals surface area contributed by atoms with E-state index in [4.69, 9.17) is 9.47 Å². The van der Waals surface area contributed by atoms with Gasteiger partial charge in [-0.05, 0) is 19.1 Å². The van der Waals surface area contributed by atoms with Gasteiger partial charge in [-0.25, -0.2) is 18.4 Å². The summed E-state index contributed by atoms with van der Waals surface area (Å²) in [6, 6.07) is 2.50. The maximum atomic E-state index is 12.3. The molecule has 1 aliphatic rings. The van der Waals surface area contributed by atoms with Crippen molar-refractivity contribution in [2.75, 3.05) is 31.8 Å². The minimum Gasteiger partial charge on any atom is -0.480 e. The quantitative estimate of drug-likeness (QED) is 0.725. The molecule has 1 saturated heterocycles. The van der Waals surface area contributed by atoms with Crippen molar-refractivity contribution in [3.8, 4) is 17.3 Å². The third-order valence-electron chi connectivity index (χ3n) is 4.34. The third-order valence-corrected chi connectivity index (χ3v) is 6.05. The first-order chi connectivity index (χ1) is 12.9. The first-order valence-electron chi connectivity index (χ1n) is 8.55. The Morgan fingerprint density at radius 1 is 1.33 bits per heavy atom. The Balaban J connectivity index is 1.92. The van der Waals surface area contributed by atoms with Crippen LogP contribution in [0.1, 0.15) is 13.0 Å². The number of amides is 1. The summed E-state index contributed by atoms with van der Waals surface area (Å²) in [5, 5.41) is 2.78. The van der Waals surface area contributed by atoms with Gasteiger partial charge in [0.15, 0.2) is 9.84 Å². The molecule has 0 radical (unpaired) electrons. The van der Waals surface area contributed by atoms with E-state index in [1.54, 1.807) is 42.2 Å². The van der Waals surface area contributed by atoms with Crippen molar-refractivity contribution in [1.29, 1.82) is 0 Å². The van der Waals surface area contributed by atoms with Crippen LogP contribution < -0.4 is 10.1 Å². The number of carbonyl (C=O) groups is 1. The molecule has 1 N–H and O–H groups in total. The van der Waals surface area contributed by atoms with Crippen LogP contribution in [-0.4, -0.2) is 66.7 Å². The van der Waals surface area contributed by atoms with Crippen molar-refractivity contribution in [2.45, 2.75) is 19.0 Å². The molecule has 2 aromatic heterocycles. The standard InChI is InChI=1S/C17H22N4O5S/c1-3-26-9-15(22)20-13-10-27(23,24)11-14(13)21-8-7-18-16(21)12-5-4-6-19-17(12)25-2/h4-8,13-14H,3,9-11H2,1-2H3,(H,20,22)/t13-,14-/m1/s1.